The minimum atomic E-state index is -0.266. The van der Waals surface area contributed by atoms with Crippen molar-refractivity contribution in [2.75, 3.05) is 12.4 Å². The number of aromatic amines is 1. The Morgan fingerprint density at radius 3 is 2.74 bits per heavy atom. The Bertz CT molecular complexity index is 1130. The Labute approximate surface area is 155 Å². The van der Waals surface area contributed by atoms with Crippen LogP contribution in [0.15, 0.2) is 42.7 Å². The molecule has 0 radical (unpaired) electrons. The lowest BCUT2D eigenvalue weighted by Crippen LogP contribution is -2.12. The van der Waals surface area contributed by atoms with Gasteiger partial charge in [0.25, 0.3) is 5.91 Å². The third kappa shape index (κ3) is 3.01. The summed E-state index contributed by atoms with van der Waals surface area (Å²) in [5, 5.41) is 15.0. The van der Waals surface area contributed by atoms with Crippen molar-refractivity contribution in [1.82, 2.24) is 25.0 Å². The van der Waals surface area contributed by atoms with E-state index in [4.69, 9.17) is 4.74 Å². The van der Waals surface area contributed by atoms with Crippen LogP contribution in [-0.2, 0) is 7.05 Å². The van der Waals surface area contributed by atoms with E-state index in [1.54, 1.807) is 18.0 Å². The van der Waals surface area contributed by atoms with Gasteiger partial charge in [-0.25, -0.2) is 4.98 Å². The van der Waals surface area contributed by atoms with Crippen LogP contribution in [0.4, 0.5) is 5.69 Å². The number of pyridine rings is 1. The van der Waals surface area contributed by atoms with Gasteiger partial charge in [-0.15, -0.1) is 0 Å². The van der Waals surface area contributed by atoms with Gasteiger partial charge in [0.1, 0.15) is 5.75 Å². The number of aromatic nitrogens is 5. The smallest absolute Gasteiger partial charge is 0.259 e. The van der Waals surface area contributed by atoms with Crippen molar-refractivity contribution < 1.29 is 9.53 Å². The lowest BCUT2D eigenvalue weighted by atomic mass is 10.1. The molecular formula is C19H18N6O2. The van der Waals surface area contributed by atoms with Crippen molar-refractivity contribution in [3.63, 3.8) is 0 Å². The predicted molar refractivity (Wildman–Crippen MR) is 102 cm³/mol. The molecule has 0 aliphatic heterocycles. The maximum Gasteiger partial charge on any atom is 0.259 e. The average Bonchev–Trinajstić information content (AvgIpc) is 3.27. The molecule has 3 heterocycles. The van der Waals surface area contributed by atoms with E-state index in [1.165, 1.54) is 6.20 Å². The van der Waals surface area contributed by atoms with Crippen LogP contribution < -0.4 is 10.1 Å². The van der Waals surface area contributed by atoms with E-state index < -0.39 is 0 Å². The number of H-pyrrole nitrogens is 1. The third-order valence-electron chi connectivity index (χ3n) is 4.38. The van der Waals surface area contributed by atoms with Crippen molar-refractivity contribution in [1.29, 1.82) is 0 Å². The molecule has 3 aromatic heterocycles. The number of nitrogens with one attached hydrogen (secondary N) is 2. The van der Waals surface area contributed by atoms with Gasteiger partial charge in [0.05, 0.1) is 42.1 Å². The van der Waals surface area contributed by atoms with Crippen LogP contribution in [0.2, 0.25) is 0 Å². The number of nitrogens with zero attached hydrogens (tertiary/aromatic N) is 4. The van der Waals surface area contributed by atoms with E-state index >= 15 is 0 Å². The number of ether oxygens (including phenoxy) is 1. The van der Waals surface area contributed by atoms with E-state index in [-0.39, 0.29) is 5.91 Å². The zero-order chi connectivity index (χ0) is 19.0. The summed E-state index contributed by atoms with van der Waals surface area (Å²) in [5.41, 5.74) is 4.16. The molecule has 0 saturated heterocycles. The van der Waals surface area contributed by atoms with Gasteiger partial charge >= 0.3 is 0 Å². The largest absolute Gasteiger partial charge is 0.497 e. The van der Waals surface area contributed by atoms with Crippen molar-refractivity contribution in [2.45, 2.75) is 6.92 Å². The molecule has 0 fully saturated rings. The summed E-state index contributed by atoms with van der Waals surface area (Å²) >= 11 is 0. The molecule has 8 nitrogen and oxygen atoms in total. The van der Waals surface area contributed by atoms with Gasteiger partial charge in [-0.1, -0.05) is 0 Å². The molecule has 4 aromatic rings. The first-order valence-corrected chi connectivity index (χ1v) is 8.35. The topological polar surface area (TPSA) is 97.7 Å². The van der Waals surface area contributed by atoms with E-state index in [2.05, 4.69) is 25.6 Å². The maximum atomic E-state index is 12.8. The molecule has 27 heavy (non-hydrogen) atoms. The molecule has 4 rings (SSSR count). The lowest BCUT2D eigenvalue weighted by molar-refractivity contribution is 0.102. The van der Waals surface area contributed by atoms with Gasteiger partial charge in [0, 0.05) is 18.0 Å². The minimum Gasteiger partial charge on any atom is -0.497 e. The molecule has 0 aliphatic carbocycles. The van der Waals surface area contributed by atoms with Gasteiger partial charge < -0.3 is 10.1 Å². The van der Waals surface area contributed by atoms with Crippen LogP contribution in [0.5, 0.6) is 5.75 Å². The highest BCUT2D eigenvalue weighted by Gasteiger charge is 2.16. The maximum absolute atomic E-state index is 12.8. The Morgan fingerprint density at radius 1 is 1.22 bits per heavy atom. The highest BCUT2D eigenvalue weighted by atomic mass is 16.5. The molecule has 8 heteroatoms. The zero-order valence-corrected chi connectivity index (χ0v) is 15.1. The quantitative estimate of drug-likeness (QED) is 0.582. The molecule has 136 valence electrons. The third-order valence-corrected chi connectivity index (χ3v) is 4.38. The fourth-order valence-corrected chi connectivity index (χ4v) is 3.01. The summed E-state index contributed by atoms with van der Waals surface area (Å²) in [6.07, 6.45) is 3.13. The van der Waals surface area contributed by atoms with Gasteiger partial charge in [-0.2, -0.15) is 10.2 Å². The number of aryl methyl sites for hydroxylation is 2. The fraction of sp³-hybridized carbons (Fsp3) is 0.158. The van der Waals surface area contributed by atoms with Crippen LogP contribution in [-0.4, -0.2) is 38.0 Å². The van der Waals surface area contributed by atoms with Crippen molar-refractivity contribution in [3.8, 4) is 17.0 Å². The highest BCUT2D eigenvalue weighted by Crippen LogP contribution is 2.25. The first kappa shape index (κ1) is 16.8. The number of fused-ring (bicyclic) bond motifs is 1. The number of anilines is 1. The number of rotatable bonds is 4. The molecule has 0 unspecified atom stereocenters. The number of carbonyl (C=O) groups excluding carboxylic acids is 1. The summed E-state index contributed by atoms with van der Waals surface area (Å²) in [7, 11) is 3.45. The number of hydrogen-bond donors (Lipinski definition) is 2. The van der Waals surface area contributed by atoms with Crippen LogP contribution in [0.1, 0.15) is 16.1 Å². The van der Waals surface area contributed by atoms with Gasteiger partial charge in [0.15, 0.2) is 5.65 Å². The minimum absolute atomic E-state index is 0.266. The summed E-state index contributed by atoms with van der Waals surface area (Å²) in [6, 6.07) is 9.28. The van der Waals surface area contributed by atoms with E-state index in [1.807, 2.05) is 44.3 Å². The highest BCUT2D eigenvalue weighted by molar-refractivity contribution is 6.08. The van der Waals surface area contributed by atoms with Crippen LogP contribution in [0.3, 0.4) is 0 Å². The number of carbonyl (C=O) groups is 1. The van der Waals surface area contributed by atoms with E-state index in [0.29, 0.717) is 16.9 Å². The molecule has 1 amide bonds. The molecule has 1 aromatic carbocycles. The predicted octanol–water partition coefficient (Wildman–Crippen LogP) is 2.93. The molecule has 0 spiro atoms. The number of hydrogen-bond acceptors (Lipinski definition) is 5. The molecule has 0 bridgehead atoms. The van der Waals surface area contributed by atoms with Crippen molar-refractivity contribution >= 4 is 22.6 Å². The second-order valence-corrected chi connectivity index (χ2v) is 6.15. The summed E-state index contributed by atoms with van der Waals surface area (Å²) in [4.78, 5) is 17.2. The van der Waals surface area contributed by atoms with E-state index in [9.17, 15) is 4.79 Å². The summed E-state index contributed by atoms with van der Waals surface area (Å²) < 4.78 is 6.89. The van der Waals surface area contributed by atoms with Crippen LogP contribution in [0.25, 0.3) is 22.3 Å². The Balaban J connectivity index is 1.62. The number of methoxy groups -OCH3 is 1. The standard InChI is InChI=1S/C19H18N6O2/c1-11-15-8-13(9-20-18(15)25(2)24-11)22-19(26)16-10-21-23-17(16)12-4-6-14(27-3)7-5-12/h4-10H,1-3H3,(H,21,23)(H,22,26). The molecule has 0 atom stereocenters. The van der Waals surface area contributed by atoms with Crippen molar-refractivity contribution in [2.24, 2.45) is 7.05 Å². The molecular weight excluding hydrogens is 344 g/mol. The Kier molecular flexibility index (Phi) is 4.08. The second kappa shape index (κ2) is 6.56. The Morgan fingerprint density at radius 2 is 2.00 bits per heavy atom. The normalized spacial score (nSPS) is 10.9. The van der Waals surface area contributed by atoms with Gasteiger partial charge in [0.2, 0.25) is 0 Å². The zero-order valence-electron chi connectivity index (χ0n) is 15.1. The number of amides is 1. The first-order chi connectivity index (χ1) is 13.1. The summed E-state index contributed by atoms with van der Waals surface area (Å²) in [6.45, 7) is 1.91. The Hall–Kier alpha value is -3.68. The average molecular weight is 362 g/mol. The molecule has 2 N–H and O–H groups in total. The van der Waals surface area contributed by atoms with Crippen LogP contribution >= 0.6 is 0 Å². The second-order valence-electron chi connectivity index (χ2n) is 6.15. The molecule has 0 aliphatic rings. The lowest BCUT2D eigenvalue weighted by Gasteiger charge is -2.07. The van der Waals surface area contributed by atoms with Gasteiger partial charge in [-0.05, 0) is 37.3 Å². The first-order valence-electron chi connectivity index (χ1n) is 8.35. The van der Waals surface area contributed by atoms with Crippen LogP contribution in [0, 0.1) is 6.92 Å². The number of benzene rings is 1. The van der Waals surface area contributed by atoms with E-state index in [0.717, 1.165) is 28.0 Å². The van der Waals surface area contributed by atoms with Gasteiger partial charge in [-0.3, -0.25) is 14.6 Å². The monoisotopic (exact) mass is 362 g/mol. The SMILES string of the molecule is COc1ccc(-c2[nH]ncc2C(=O)Nc2cnc3c(c2)c(C)nn3C)cc1. The molecule has 0 saturated carbocycles. The van der Waals surface area contributed by atoms with Crippen molar-refractivity contribution in [3.05, 3.63) is 54.0 Å². The summed E-state index contributed by atoms with van der Waals surface area (Å²) in [5.74, 6) is 0.479. The fourth-order valence-electron chi connectivity index (χ4n) is 3.01.